The molecule has 0 aromatic heterocycles. The minimum absolute atomic E-state index is 0.0376. The summed E-state index contributed by atoms with van der Waals surface area (Å²) in [5.74, 6) is -0.828. The fraction of sp³-hybridized carbons (Fsp3) is 0.929. The van der Waals surface area contributed by atoms with Crippen molar-refractivity contribution in [2.75, 3.05) is 46.4 Å². The topological polar surface area (TPSA) is 53.0 Å². The van der Waals surface area contributed by atoms with E-state index in [1.165, 1.54) is 0 Å². The van der Waals surface area contributed by atoms with Crippen LogP contribution in [0, 0.1) is 0 Å². The Morgan fingerprint density at radius 2 is 2.09 bits per heavy atom. The molecule has 1 N–H and O–H groups in total. The summed E-state index contributed by atoms with van der Waals surface area (Å²) in [7, 11) is 1.82. The molecule has 0 amide bonds. The monoisotopic (exact) mass is 326 g/mol. The Morgan fingerprint density at radius 3 is 2.73 bits per heavy atom. The Kier molecular flexibility index (Phi) is 8.13. The van der Waals surface area contributed by atoms with Gasteiger partial charge in [0.25, 0.3) is 0 Å². The molecule has 0 saturated carbocycles. The van der Waals surface area contributed by atoms with Crippen LogP contribution in [0.15, 0.2) is 0 Å². The third kappa shape index (κ3) is 8.55. The summed E-state index contributed by atoms with van der Waals surface area (Å²) in [6, 6.07) is 0.252. The smallest absolute Gasteiger partial charge is 0.411 e. The molecule has 1 aliphatic rings. The van der Waals surface area contributed by atoms with E-state index in [-0.39, 0.29) is 19.2 Å². The van der Waals surface area contributed by atoms with E-state index in [1.54, 1.807) is 0 Å². The first-order valence-electron chi connectivity index (χ1n) is 7.57. The largest absolute Gasteiger partial charge is 0.480 e. The number of carboxylic acids is 1. The van der Waals surface area contributed by atoms with Gasteiger partial charge < -0.3 is 14.7 Å². The van der Waals surface area contributed by atoms with Gasteiger partial charge in [0, 0.05) is 19.2 Å². The number of likely N-dealkylation sites (N-methyl/N-ethyl adjacent to an activating group) is 1. The fourth-order valence-electron chi connectivity index (χ4n) is 2.72. The lowest BCUT2D eigenvalue weighted by atomic mass is 10.1. The van der Waals surface area contributed by atoms with Gasteiger partial charge in [-0.3, -0.25) is 9.69 Å². The minimum atomic E-state index is -4.26. The van der Waals surface area contributed by atoms with Crippen molar-refractivity contribution in [3.8, 4) is 0 Å². The van der Waals surface area contributed by atoms with Crippen molar-refractivity contribution in [1.29, 1.82) is 0 Å². The van der Waals surface area contributed by atoms with Crippen LogP contribution < -0.4 is 0 Å². The number of alkyl halides is 3. The number of hydrogen-bond acceptors (Lipinski definition) is 4. The minimum Gasteiger partial charge on any atom is -0.480 e. The molecule has 1 heterocycles. The number of halogens is 3. The number of ether oxygens (including phenoxy) is 1. The summed E-state index contributed by atoms with van der Waals surface area (Å²) in [5, 5.41) is 8.81. The van der Waals surface area contributed by atoms with Crippen LogP contribution in [-0.2, 0) is 9.53 Å². The quantitative estimate of drug-likeness (QED) is 0.690. The Balaban J connectivity index is 2.19. The van der Waals surface area contributed by atoms with Gasteiger partial charge >= 0.3 is 12.1 Å². The molecule has 0 spiro atoms. The first-order valence-corrected chi connectivity index (χ1v) is 7.57. The zero-order valence-corrected chi connectivity index (χ0v) is 12.9. The number of carboxylic acid groups (broad SMARTS) is 1. The van der Waals surface area contributed by atoms with Gasteiger partial charge in [-0.2, -0.15) is 13.2 Å². The van der Waals surface area contributed by atoms with Crippen LogP contribution in [0.4, 0.5) is 13.2 Å². The predicted molar refractivity (Wildman–Crippen MR) is 75.8 cm³/mol. The van der Waals surface area contributed by atoms with E-state index in [0.29, 0.717) is 13.0 Å². The van der Waals surface area contributed by atoms with E-state index in [9.17, 15) is 18.0 Å². The van der Waals surface area contributed by atoms with Crippen LogP contribution in [0.25, 0.3) is 0 Å². The van der Waals surface area contributed by atoms with Crippen LogP contribution in [0.3, 0.4) is 0 Å². The number of hydrogen-bond donors (Lipinski definition) is 1. The average Bonchev–Trinajstić information content (AvgIpc) is 2.62. The molecule has 0 bridgehead atoms. The maximum atomic E-state index is 11.9. The summed E-state index contributed by atoms with van der Waals surface area (Å²) in [5.41, 5.74) is 0. The van der Waals surface area contributed by atoms with E-state index < -0.39 is 18.8 Å². The molecule has 1 unspecified atom stereocenters. The maximum absolute atomic E-state index is 11.9. The van der Waals surface area contributed by atoms with Gasteiger partial charge in [-0.15, -0.1) is 0 Å². The molecule has 0 radical (unpaired) electrons. The first kappa shape index (κ1) is 19.2. The van der Waals surface area contributed by atoms with Gasteiger partial charge in [-0.1, -0.05) is 0 Å². The van der Waals surface area contributed by atoms with E-state index in [0.717, 1.165) is 32.4 Å². The Labute approximate surface area is 129 Å². The zero-order valence-electron chi connectivity index (χ0n) is 12.9. The van der Waals surface area contributed by atoms with Crippen LogP contribution in [0.5, 0.6) is 0 Å². The lowest BCUT2D eigenvalue weighted by Crippen LogP contribution is -2.36. The van der Waals surface area contributed by atoms with Crippen LogP contribution in [0.1, 0.15) is 25.7 Å². The number of carbonyl (C=O) groups is 1. The van der Waals surface area contributed by atoms with Crippen LogP contribution >= 0.6 is 0 Å². The summed E-state index contributed by atoms with van der Waals surface area (Å²) in [6.07, 6.45) is -0.883. The van der Waals surface area contributed by atoms with Crippen molar-refractivity contribution < 1.29 is 27.8 Å². The van der Waals surface area contributed by atoms with Gasteiger partial charge in [0.1, 0.15) is 6.61 Å². The molecule has 5 nitrogen and oxygen atoms in total. The Bertz CT molecular complexity index is 340. The number of aliphatic carboxylic acids is 1. The molecular weight excluding hydrogens is 301 g/mol. The van der Waals surface area contributed by atoms with Crippen molar-refractivity contribution in [2.24, 2.45) is 0 Å². The second-order valence-electron chi connectivity index (χ2n) is 5.76. The molecule has 130 valence electrons. The van der Waals surface area contributed by atoms with Crippen molar-refractivity contribution in [2.45, 2.75) is 37.9 Å². The molecule has 1 aliphatic heterocycles. The second kappa shape index (κ2) is 9.32. The van der Waals surface area contributed by atoms with Crippen molar-refractivity contribution in [3.63, 3.8) is 0 Å². The standard InChI is InChI=1S/C14H25F3N2O3/c1-18(10-13(20)21)12-4-2-6-19(8-5-12)7-3-9-22-11-14(15,16)17/h12H,2-11H2,1H3,(H,20,21). The number of likely N-dealkylation sites (tertiary alicyclic amines) is 1. The fourth-order valence-corrected chi connectivity index (χ4v) is 2.72. The van der Waals surface area contributed by atoms with Crippen molar-refractivity contribution in [1.82, 2.24) is 9.80 Å². The highest BCUT2D eigenvalue weighted by atomic mass is 19.4. The molecular formula is C14H25F3N2O3. The predicted octanol–water partition coefficient (Wildman–Crippen LogP) is 1.83. The summed E-state index contributed by atoms with van der Waals surface area (Å²) in [4.78, 5) is 14.8. The SMILES string of the molecule is CN(CC(=O)O)C1CCCN(CCCOCC(F)(F)F)CC1. The summed E-state index contributed by atoms with van der Waals surface area (Å²) >= 11 is 0. The first-order chi connectivity index (χ1) is 10.3. The molecule has 0 aliphatic carbocycles. The normalized spacial score (nSPS) is 21.0. The van der Waals surface area contributed by atoms with Crippen LogP contribution in [-0.4, -0.2) is 79.5 Å². The van der Waals surface area contributed by atoms with Gasteiger partial charge in [0.05, 0.1) is 6.54 Å². The maximum Gasteiger partial charge on any atom is 0.411 e. The molecule has 22 heavy (non-hydrogen) atoms. The van der Waals surface area contributed by atoms with E-state index in [4.69, 9.17) is 5.11 Å². The molecule has 1 fully saturated rings. The molecule has 1 rings (SSSR count). The van der Waals surface area contributed by atoms with Crippen molar-refractivity contribution in [3.05, 3.63) is 0 Å². The third-order valence-corrected chi connectivity index (χ3v) is 3.83. The highest BCUT2D eigenvalue weighted by Crippen LogP contribution is 2.16. The lowest BCUT2D eigenvalue weighted by molar-refractivity contribution is -0.174. The van der Waals surface area contributed by atoms with E-state index in [1.807, 2.05) is 11.9 Å². The summed E-state index contributed by atoms with van der Waals surface area (Å²) < 4.78 is 40.4. The van der Waals surface area contributed by atoms with Gasteiger partial charge in [-0.05, 0) is 45.8 Å². The van der Waals surface area contributed by atoms with Crippen molar-refractivity contribution >= 4 is 5.97 Å². The van der Waals surface area contributed by atoms with Gasteiger partial charge in [-0.25, -0.2) is 0 Å². The zero-order chi connectivity index (χ0) is 16.6. The van der Waals surface area contributed by atoms with E-state index in [2.05, 4.69) is 9.64 Å². The number of rotatable bonds is 8. The van der Waals surface area contributed by atoms with Gasteiger partial charge in [0.15, 0.2) is 0 Å². The second-order valence-corrected chi connectivity index (χ2v) is 5.76. The molecule has 0 aromatic carbocycles. The Morgan fingerprint density at radius 1 is 1.36 bits per heavy atom. The van der Waals surface area contributed by atoms with E-state index >= 15 is 0 Å². The Hall–Kier alpha value is -0.860. The molecule has 1 saturated heterocycles. The summed E-state index contributed by atoms with van der Waals surface area (Å²) in [6.45, 7) is 1.42. The highest BCUT2D eigenvalue weighted by Gasteiger charge is 2.27. The molecule has 8 heteroatoms. The molecule has 0 aromatic rings. The average molecular weight is 326 g/mol. The third-order valence-electron chi connectivity index (χ3n) is 3.83. The number of nitrogens with zero attached hydrogens (tertiary/aromatic N) is 2. The van der Waals surface area contributed by atoms with Crippen LogP contribution in [0.2, 0.25) is 0 Å². The molecule has 1 atom stereocenters. The lowest BCUT2D eigenvalue weighted by Gasteiger charge is -2.25. The highest BCUT2D eigenvalue weighted by molar-refractivity contribution is 5.69. The van der Waals surface area contributed by atoms with Gasteiger partial charge in [0.2, 0.25) is 0 Å².